The van der Waals surface area contributed by atoms with E-state index in [1.54, 1.807) is 31.2 Å². The maximum Gasteiger partial charge on any atom is 0.364 e. The zero-order chi connectivity index (χ0) is 18.7. The van der Waals surface area contributed by atoms with Crippen molar-refractivity contribution in [2.45, 2.75) is 13.5 Å². The normalized spacial score (nSPS) is 10.5. The lowest BCUT2D eigenvalue weighted by Crippen LogP contribution is -2.26. The number of carbonyl (C=O) groups is 2. The van der Waals surface area contributed by atoms with Gasteiger partial charge in [0.25, 0.3) is 5.56 Å². The van der Waals surface area contributed by atoms with Crippen LogP contribution >= 0.6 is 0 Å². The van der Waals surface area contributed by atoms with Crippen LogP contribution in [0.3, 0.4) is 0 Å². The third-order valence-electron chi connectivity index (χ3n) is 3.85. The third-order valence-corrected chi connectivity index (χ3v) is 3.85. The summed E-state index contributed by atoms with van der Waals surface area (Å²) in [5.74, 6) is -0.914. The number of aryl methyl sites for hydroxylation is 1. The first-order chi connectivity index (χ1) is 12.5. The van der Waals surface area contributed by atoms with Gasteiger partial charge in [-0.3, -0.25) is 4.79 Å². The minimum absolute atomic E-state index is 0.0547. The average Bonchev–Trinajstić information content (AvgIpc) is 2.68. The number of aromatic nitrogens is 2. The Kier molecular flexibility index (Phi) is 4.79. The highest BCUT2D eigenvalue weighted by atomic mass is 16.5. The van der Waals surface area contributed by atoms with E-state index in [1.807, 2.05) is 0 Å². The Hall–Kier alpha value is -3.48. The molecule has 1 heterocycles. The number of hydrogen-bond donors (Lipinski definition) is 0. The lowest BCUT2D eigenvalue weighted by atomic mass is 10.1. The van der Waals surface area contributed by atoms with Crippen molar-refractivity contribution >= 4 is 22.7 Å². The lowest BCUT2D eigenvalue weighted by Gasteiger charge is -2.09. The summed E-state index contributed by atoms with van der Waals surface area (Å²) in [6.07, 6.45) is 0. The molecule has 0 unspecified atom stereocenters. The summed E-state index contributed by atoms with van der Waals surface area (Å²) in [6, 6.07) is 12.7. The van der Waals surface area contributed by atoms with Gasteiger partial charge in [0.2, 0.25) is 0 Å². The highest BCUT2D eigenvalue weighted by Crippen LogP contribution is 2.18. The number of fused-ring (bicyclic) bond motifs is 1. The van der Waals surface area contributed by atoms with Crippen LogP contribution in [-0.4, -0.2) is 28.8 Å². The van der Waals surface area contributed by atoms with E-state index < -0.39 is 11.9 Å². The smallest absolute Gasteiger partial charge is 0.364 e. The molecular formula is C19H16N2O5. The van der Waals surface area contributed by atoms with Gasteiger partial charge in [0.15, 0.2) is 5.69 Å². The number of methoxy groups -OCH3 is 1. The molecule has 1 aromatic heterocycles. The van der Waals surface area contributed by atoms with Gasteiger partial charge in [0.1, 0.15) is 5.75 Å². The van der Waals surface area contributed by atoms with Crippen LogP contribution in [0.1, 0.15) is 27.8 Å². The first kappa shape index (κ1) is 17.3. The molecule has 2 aromatic carbocycles. The first-order valence-electron chi connectivity index (χ1n) is 7.95. The zero-order valence-corrected chi connectivity index (χ0v) is 14.3. The molecule has 7 heteroatoms. The van der Waals surface area contributed by atoms with Crippen LogP contribution in [0.4, 0.5) is 0 Å². The van der Waals surface area contributed by atoms with Gasteiger partial charge in [-0.05, 0) is 37.3 Å². The second-order valence-corrected chi connectivity index (χ2v) is 5.42. The largest absolute Gasteiger partial charge is 0.465 e. The van der Waals surface area contributed by atoms with Gasteiger partial charge < -0.3 is 9.47 Å². The average molecular weight is 352 g/mol. The number of nitrogens with zero attached hydrogens (tertiary/aromatic N) is 2. The topological polar surface area (TPSA) is 87.5 Å². The summed E-state index contributed by atoms with van der Waals surface area (Å²) in [5, 5.41) is 4.96. The molecule has 0 fully saturated rings. The fraction of sp³-hybridized carbons (Fsp3) is 0.158. The fourth-order valence-electron chi connectivity index (χ4n) is 2.53. The Labute approximate surface area is 148 Å². The van der Waals surface area contributed by atoms with Gasteiger partial charge in [-0.1, -0.05) is 18.2 Å². The fourth-order valence-corrected chi connectivity index (χ4v) is 2.53. The van der Waals surface area contributed by atoms with Crippen molar-refractivity contribution in [2.24, 2.45) is 0 Å². The molecule has 0 saturated heterocycles. The highest BCUT2D eigenvalue weighted by Gasteiger charge is 2.18. The molecule has 0 bridgehead atoms. The van der Waals surface area contributed by atoms with Crippen LogP contribution < -0.4 is 10.3 Å². The zero-order valence-electron chi connectivity index (χ0n) is 14.3. The molecule has 0 aliphatic carbocycles. The van der Waals surface area contributed by atoms with Crippen LogP contribution in [0.2, 0.25) is 0 Å². The van der Waals surface area contributed by atoms with Crippen LogP contribution in [-0.2, 0) is 11.3 Å². The van der Waals surface area contributed by atoms with Crippen LogP contribution in [0, 0.1) is 0 Å². The monoisotopic (exact) mass is 352 g/mol. The van der Waals surface area contributed by atoms with Crippen molar-refractivity contribution in [3.63, 3.8) is 0 Å². The predicted octanol–water partition coefficient (Wildman–Crippen LogP) is 2.42. The predicted molar refractivity (Wildman–Crippen MR) is 94.4 cm³/mol. The van der Waals surface area contributed by atoms with Gasteiger partial charge >= 0.3 is 11.9 Å². The second-order valence-electron chi connectivity index (χ2n) is 5.42. The number of benzene rings is 2. The number of ether oxygens (including phenoxy) is 2. The molecule has 0 atom stereocenters. The SMILES string of the molecule is CCn1nc(C(=O)Oc2ccc(C(=O)OC)cc2)c2ccccc2c1=O. The van der Waals surface area contributed by atoms with Crippen molar-refractivity contribution in [1.29, 1.82) is 0 Å². The first-order valence-corrected chi connectivity index (χ1v) is 7.95. The molecule has 0 amide bonds. The number of esters is 2. The van der Waals surface area contributed by atoms with Crippen LogP contribution in [0.15, 0.2) is 53.3 Å². The maximum atomic E-state index is 12.6. The maximum absolute atomic E-state index is 12.6. The highest BCUT2D eigenvalue weighted by molar-refractivity contribution is 6.02. The summed E-state index contributed by atoms with van der Waals surface area (Å²) < 4.78 is 11.2. The Balaban J connectivity index is 1.96. The molecule has 7 nitrogen and oxygen atoms in total. The molecule has 3 rings (SSSR count). The molecule has 132 valence electrons. The van der Waals surface area contributed by atoms with E-state index in [-0.39, 0.29) is 17.0 Å². The molecule has 0 radical (unpaired) electrons. The minimum atomic E-state index is -0.686. The Morgan fingerprint density at radius 1 is 1.00 bits per heavy atom. The molecule has 0 N–H and O–H groups in total. The van der Waals surface area contributed by atoms with E-state index in [1.165, 1.54) is 36.1 Å². The number of hydrogen-bond acceptors (Lipinski definition) is 6. The molecule has 3 aromatic rings. The molecule has 0 saturated carbocycles. The molecule has 0 aliphatic heterocycles. The van der Waals surface area contributed by atoms with Crippen molar-refractivity contribution in [1.82, 2.24) is 9.78 Å². The third kappa shape index (κ3) is 3.19. The van der Waals surface area contributed by atoms with Crippen molar-refractivity contribution in [2.75, 3.05) is 7.11 Å². The van der Waals surface area contributed by atoms with Crippen molar-refractivity contribution in [3.8, 4) is 5.75 Å². The van der Waals surface area contributed by atoms with E-state index in [2.05, 4.69) is 9.84 Å². The van der Waals surface area contributed by atoms with Gasteiger partial charge in [-0.2, -0.15) is 5.10 Å². The van der Waals surface area contributed by atoms with Crippen LogP contribution in [0.25, 0.3) is 10.8 Å². The molecule has 0 spiro atoms. The van der Waals surface area contributed by atoms with Crippen molar-refractivity contribution < 1.29 is 19.1 Å². The standard InChI is InChI=1S/C19H16N2O5/c1-3-21-17(22)15-7-5-4-6-14(15)16(20-21)19(24)26-13-10-8-12(9-11-13)18(23)25-2/h4-11H,3H2,1-2H3. The van der Waals surface area contributed by atoms with Gasteiger partial charge in [0.05, 0.1) is 18.1 Å². The van der Waals surface area contributed by atoms with Gasteiger partial charge in [0, 0.05) is 11.9 Å². The van der Waals surface area contributed by atoms with Crippen LogP contribution in [0.5, 0.6) is 5.75 Å². The number of carbonyl (C=O) groups excluding carboxylic acids is 2. The minimum Gasteiger partial charge on any atom is -0.465 e. The molecular weight excluding hydrogens is 336 g/mol. The van der Waals surface area contributed by atoms with E-state index in [4.69, 9.17) is 4.74 Å². The summed E-state index contributed by atoms with van der Waals surface area (Å²) in [7, 11) is 1.29. The lowest BCUT2D eigenvalue weighted by molar-refractivity contribution is 0.0600. The summed E-state index contributed by atoms with van der Waals surface area (Å²) in [4.78, 5) is 36.4. The Morgan fingerprint density at radius 3 is 2.27 bits per heavy atom. The quantitative estimate of drug-likeness (QED) is 0.529. The van der Waals surface area contributed by atoms with E-state index >= 15 is 0 Å². The van der Waals surface area contributed by atoms with Gasteiger partial charge in [-0.25, -0.2) is 14.3 Å². The second kappa shape index (κ2) is 7.18. The molecule has 0 aliphatic rings. The van der Waals surface area contributed by atoms with Crippen molar-refractivity contribution in [3.05, 3.63) is 70.1 Å². The Morgan fingerprint density at radius 2 is 1.65 bits per heavy atom. The summed E-state index contributed by atoms with van der Waals surface area (Å²) in [5.41, 5.74) is 0.136. The van der Waals surface area contributed by atoms with E-state index in [0.29, 0.717) is 22.9 Å². The van der Waals surface area contributed by atoms with E-state index in [9.17, 15) is 14.4 Å². The Bertz CT molecular complexity index is 1040. The van der Waals surface area contributed by atoms with Gasteiger partial charge in [-0.15, -0.1) is 0 Å². The van der Waals surface area contributed by atoms with E-state index in [0.717, 1.165) is 0 Å². The molecule has 26 heavy (non-hydrogen) atoms. The summed E-state index contributed by atoms with van der Waals surface area (Å²) in [6.45, 7) is 2.10. The summed E-state index contributed by atoms with van der Waals surface area (Å²) >= 11 is 0. The number of rotatable bonds is 4.